The fraction of sp³-hybridized carbons (Fsp3) is 0.500. The first-order chi connectivity index (χ1) is 12.1. The van der Waals surface area contributed by atoms with Gasteiger partial charge in [-0.25, -0.2) is 9.97 Å². The smallest absolute Gasteiger partial charge is 0.140 e. The highest BCUT2D eigenvalue weighted by atomic mass is 32.1. The molecule has 0 unspecified atom stereocenters. The number of nitrogens with one attached hydrogen (secondary N) is 1. The van der Waals surface area contributed by atoms with Gasteiger partial charge in [0.15, 0.2) is 0 Å². The Morgan fingerprint density at radius 1 is 1.32 bits per heavy atom. The van der Waals surface area contributed by atoms with Crippen LogP contribution in [0.5, 0.6) is 0 Å². The lowest BCUT2D eigenvalue weighted by Crippen LogP contribution is -2.24. The summed E-state index contributed by atoms with van der Waals surface area (Å²) in [7, 11) is 2.13. The molecular weight excluding hydrogens is 332 g/mol. The molecule has 0 amide bonds. The van der Waals surface area contributed by atoms with E-state index in [4.69, 9.17) is 0 Å². The second-order valence-electron chi connectivity index (χ2n) is 6.73. The topological polar surface area (TPSA) is 58.9 Å². The number of fused-ring (bicyclic) bond motifs is 3. The minimum Gasteiger partial charge on any atom is -0.359 e. The lowest BCUT2D eigenvalue weighted by molar-refractivity contribution is 0.561. The van der Waals surface area contributed by atoms with E-state index in [2.05, 4.69) is 50.0 Å². The first kappa shape index (κ1) is 16.5. The van der Waals surface area contributed by atoms with Gasteiger partial charge < -0.3 is 10.2 Å². The van der Waals surface area contributed by atoms with Crippen molar-refractivity contribution in [1.29, 1.82) is 0 Å². The highest BCUT2D eigenvalue weighted by molar-refractivity contribution is 7.19. The Hall–Kier alpha value is -1.99. The molecular formula is C18H24N6S. The minimum absolute atomic E-state index is 0.934. The molecule has 0 bridgehead atoms. The fourth-order valence-electron chi connectivity index (χ4n) is 3.60. The van der Waals surface area contributed by atoms with Gasteiger partial charge in [0.2, 0.25) is 0 Å². The molecule has 0 radical (unpaired) electrons. The summed E-state index contributed by atoms with van der Waals surface area (Å²) in [6.07, 6.45) is 3.80. The standard InChI is InChI=1S/C18H24N6S/c1-12-9-13(2)24(22-12)8-4-7-23(3)17-16-14-5-6-19-10-15(14)25-18(16)21-11-20-17/h9,11,19H,4-8,10H2,1-3H3. The number of hydrogen-bond donors (Lipinski definition) is 1. The largest absolute Gasteiger partial charge is 0.359 e. The molecule has 25 heavy (non-hydrogen) atoms. The Bertz CT molecular complexity index is 896. The number of nitrogens with zero attached hydrogens (tertiary/aromatic N) is 5. The van der Waals surface area contributed by atoms with Gasteiger partial charge in [0.25, 0.3) is 0 Å². The molecule has 1 N–H and O–H groups in total. The molecule has 4 heterocycles. The Morgan fingerprint density at radius 2 is 2.20 bits per heavy atom. The van der Waals surface area contributed by atoms with Crippen molar-refractivity contribution in [1.82, 2.24) is 25.1 Å². The number of thiophene rings is 1. The fourth-order valence-corrected chi connectivity index (χ4v) is 4.75. The number of anilines is 1. The predicted molar refractivity (Wildman–Crippen MR) is 102 cm³/mol. The first-order valence-corrected chi connectivity index (χ1v) is 9.63. The highest BCUT2D eigenvalue weighted by Crippen LogP contribution is 2.36. The molecule has 0 aromatic carbocycles. The summed E-state index contributed by atoms with van der Waals surface area (Å²) in [5, 5.41) is 9.26. The van der Waals surface area contributed by atoms with E-state index in [0.717, 1.165) is 55.4 Å². The Morgan fingerprint density at radius 3 is 3.00 bits per heavy atom. The molecule has 6 nitrogen and oxygen atoms in total. The van der Waals surface area contributed by atoms with Gasteiger partial charge in [-0.05, 0) is 44.9 Å². The molecule has 3 aromatic rings. The van der Waals surface area contributed by atoms with Crippen LogP contribution >= 0.6 is 11.3 Å². The van der Waals surface area contributed by atoms with Crippen LogP contribution in [0.2, 0.25) is 0 Å². The summed E-state index contributed by atoms with van der Waals surface area (Å²) in [5.74, 6) is 1.07. The summed E-state index contributed by atoms with van der Waals surface area (Å²) < 4.78 is 2.09. The quantitative estimate of drug-likeness (QED) is 0.762. The van der Waals surface area contributed by atoms with Crippen molar-refractivity contribution in [3.63, 3.8) is 0 Å². The molecule has 7 heteroatoms. The lowest BCUT2D eigenvalue weighted by Gasteiger charge is -2.20. The van der Waals surface area contributed by atoms with Crippen molar-refractivity contribution < 1.29 is 0 Å². The van der Waals surface area contributed by atoms with Gasteiger partial charge in [-0.3, -0.25) is 4.68 Å². The maximum absolute atomic E-state index is 4.61. The van der Waals surface area contributed by atoms with Crippen LogP contribution in [0.4, 0.5) is 5.82 Å². The molecule has 3 aromatic heterocycles. The lowest BCUT2D eigenvalue weighted by atomic mass is 10.1. The second kappa shape index (κ2) is 6.72. The van der Waals surface area contributed by atoms with E-state index in [9.17, 15) is 0 Å². The Balaban J connectivity index is 1.53. The third kappa shape index (κ3) is 3.14. The van der Waals surface area contributed by atoms with Crippen LogP contribution in [0, 0.1) is 13.8 Å². The van der Waals surface area contributed by atoms with E-state index < -0.39 is 0 Å². The van der Waals surface area contributed by atoms with E-state index >= 15 is 0 Å². The van der Waals surface area contributed by atoms with E-state index in [1.165, 1.54) is 21.5 Å². The molecule has 132 valence electrons. The predicted octanol–water partition coefficient (Wildman–Crippen LogP) is 2.68. The third-order valence-electron chi connectivity index (χ3n) is 4.82. The van der Waals surface area contributed by atoms with Crippen LogP contribution < -0.4 is 10.2 Å². The summed E-state index contributed by atoms with van der Waals surface area (Å²) in [6, 6.07) is 2.13. The van der Waals surface area contributed by atoms with Gasteiger partial charge in [0, 0.05) is 37.3 Å². The normalized spacial score (nSPS) is 14.0. The van der Waals surface area contributed by atoms with E-state index in [1.54, 1.807) is 17.7 Å². The van der Waals surface area contributed by atoms with Crippen molar-refractivity contribution in [2.75, 3.05) is 25.0 Å². The molecule has 0 saturated heterocycles. The highest BCUT2D eigenvalue weighted by Gasteiger charge is 2.21. The van der Waals surface area contributed by atoms with E-state index in [1.807, 2.05) is 6.92 Å². The number of hydrogen-bond acceptors (Lipinski definition) is 6. The van der Waals surface area contributed by atoms with Gasteiger partial charge in [0.05, 0.1) is 11.1 Å². The maximum Gasteiger partial charge on any atom is 0.140 e. The maximum atomic E-state index is 4.61. The van der Waals surface area contributed by atoms with Gasteiger partial charge in [-0.1, -0.05) is 0 Å². The van der Waals surface area contributed by atoms with Crippen LogP contribution in [0.1, 0.15) is 28.2 Å². The summed E-state index contributed by atoms with van der Waals surface area (Å²) >= 11 is 1.80. The molecule has 1 aliphatic heterocycles. The van der Waals surface area contributed by atoms with Crippen LogP contribution in [0.15, 0.2) is 12.4 Å². The van der Waals surface area contributed by atoms with Crippen molar-refractivity contribution in [2.45, 2.75) is 39.8 Å². The zero-order chi connectivity index (χ0) is 17.4. The summed E-state index contributed by atoms with van der Waals surface area (Å²) in [4.78, 5) is 13.9. The number of aromatic nitrogens is 4. The van der Waals surface area contributed by atoms with Crippen molar-refractivity contribution in [2.24, 2.45) is 0 Å². The molecule has 0 saturated carbocycles. The summed E-state index contributed by atoms with van der Waals surface area (Å²) in [5.41, 5.74) is 3.76. The van der Waals surface area contributed by atoms with Gasteiger partial charge in [0.1, 0.15) is 17.0 Å². The van der Waals surface area contributed by atoms with E-state index in [-0.39, 0.29) is 0 Å². The SMILES string of the molecule is Cc1cc(C)n(CCCN(C)c2ncnc3sc4c(c23)CCNC4)n1. The Labute approximate surface area is 151 Å². The number of aryl methyl sites for hydroxylation is 3. The second-order valence-corrected chi connectivity index (χ2v) is 7.82. The van der Waals surface area contributed by atoms with Crippen LogP contribution in [-0.4, -0.2) is 39.9 Å². The summed E-state index contributed by atoms with van der Waals surface area (Å²) in [6.45, 7) is 8.04. The molecule has 0 aliphatic carbocycles. The zero-order valence-corrected chi connectivity index (χ0v) is 15.9. The van der Waals surface area contributed by atoms with Gasteiger partial charge in [-0.15, -0.1) is 11.3 Å². The van der Waals surface area contributed by atoms with Crippen molar-refractivity contribution >= 4 is 27.4 Å². The first-order valence-electron chi connectivity index (χ1n) is 8.81. The van der Waals surface area contributed by atoms with Crippen molar-refractivity contribution in [3.05, 3.63) is 34.2 Å². The van der Waals surface area contributed by atoms with Crippen molar-refractivity contribution in [3.8, 4) is 0 Å². The minimum atomic E-state index is 0.934. The van der Waals surface area contributed by atoms with E-state index in [0.29, 0.717) is 0 Å². The monoisotopic (exact) mass is 356 g/mol. The van der Waals surface area contributed by atoms with Crippen LogP contribution in [-0.2, 0) is 19.5 Å². The third-order valence-corrected chi connectivity index (χ3v) is 5.96. The van der Waals surface area contributed by atoms with Crippen LogP contribution in [0.3, 0.4) is 0 Å². The zero-order valence-electron chi connectivity index (χ0n) is 15.0. The average Bonchev–Trinajstić information content (AvgIpc) is 3.14. The number of rotatable bonds is 5. The average molecular weight is 356 g/mol. The molecule has 4 rings (SSSR count). The molecule has 0 spiro atoms. The van der Waals surface area contributed by atoms with Gasteiger partial charge >= 0.3 is 0 Å². The van der Waals surface area contributed by atoms with Gasteiger partial charge in [-0.2, -0.15) is 5.10 Å². The Kier molecular flexibility index (Phi) is 4.43. The molecule has 1 aliphatic rings. The van der Waals surface area contributed by atoms with Crippen LogP contribution in [0.25, 0.3) is 10.2 Å². The molecule has 0 fully saturated rings. The molecule has 0 atom stereocenters.